The summed E-state index contributed by atoms with van der Waals surface area (Å²) in [4.78, 5) is 13.6. The zero-order valence-electron chi connectivity index (χ0n) is 15.4. The van der Waals surface area contributed by atoms with Crippen LogP contribution in [-0.4, -0.2) is 15.0 Å². The number of nitrogens with zero attached hydrogens (tertiary/aromatic N) is 3. The van der Waals surface area contributed by atoms with Crippen LogP contribution in [0.5, 0.6) is 5.75 Å². The van der Waals surface area contributed by atoms with E-state index in [1.807, 2.05) is 35.7 Å². The van der Waals surface area contributed by atoms with Crippen LogP contribution in [-0.2, 0) is 12.4 Å². The van der Waals surface area contributed by atoms with Gasteiger partial charge in [0.1, 0.15) is 23.1 Å². The predicted octanol–water partition coefficient (Wildman–Crippen LogP) is 7.43. The van der Waals surface area contributed by atoms with Gasteiger partial charge in [0.15, 0.2) is 5.16 Å². The van der Waals surface area contributed by atoms with Gasteiger partial charge in [0.05, 0.1) is 5.69 Å². The van der Waals surface area contributed by atoms with E-state index in [0.29, 0.717) is 27.6 Å². The molecule has 0 atom stereocenters. The first-order chi connectivity index (χ1) is 14.5. The maximum Gasteiger partial charge on any atom is 0.188 e. The van der Waals surface area contributed by atoms with Crippen molar-refractivity contribution in [3.8, 4) is 17.1 Å². The fraction of sp³-hybridized carbons (Fsp3) is 0.0952. The third kappa shape index (κ3) is 5.86. The summed E-state index contributed by atoms with van der Waals surface area (Å²) in [5.74, 6) is 1.37. The molecule has 0 aliphatic heterocycles. The van der Waals surface area contributed by atoms with Crippen molar-refractivity contribution in [2.45, 2.75) is 17.5 Å². The fourth-order valence-corrected chi connectivity index (χ4v) is 4.65. The van der Waals surface area contributed by atoms with E-state index < -0.39 is 0 Å². The lowest BCUT2D eigenvalue weighted by atomic mass is 10.2. The van der Waals surface area contributed by atoms with Gasteiger partial charge in [-0.05, 0) is 42.0 Å². The molecule has 0 aliphatic rings. The maximum atomic E-state index is 6.00. The summed E-state index contributed by atoms with van der Waals surface area (Å²) >= 11 is 21.0. The van der Waals surface area contributed by atoms with Crippen LogP contribution >= 0.6 is 57.9 Å². The molecule has 0 fully saturated rings. The topological polar surface area (TPSA) is 47.9 Å². The van der Waals surface area contributed by atoms with Gasteiger partial charge in [0, 0.05) is 32.4 Å². The summed E-state index contributed by atoms with van der Waals surface area (Å²) in [5, 5.41) is 5.27. The third-order valence-corrected chi connectivity index (χ3v) is 6.37. The molecule has 2 aromatic heterocycles. The van der Waals surface area contributed by atoms with Gasteiger partial charge in [0.2, 0.25) is 0 Å². The number of rotatable bonds is 7. The molecule has 0 bridgehead atoms. The Labute approximate surface area is 197 Å². The van der Waals surface area contributed by atoms with Gasteiger partial charge in [-0.3, -0.25) is 0 Å². The van der Waals surface area contributed by atoms with Crippen molar-refractivity contribution in [1.29, 1.82) is 0 Å². The first-order valence-electron chi connectivity index (χ1n) is 8.79. The first kappa shape index (κ1) is 21.4. The van der Waals surface area contributed by atoms with Crippen molar-refractivity contribution in [3.63, 3.8) is 0 Å². The largest absolute Gasteiger partial charge is 0.486 e. The molecule has 2 heterocycles. The monoisotopic (exact) mass is 493 g/mol. The van der Waals surface area contributed by atoms with Crippen LogP contribution in [0.25, 0.3) is 11.4 Å². The molecule has 0 spiro atoms. The lowest BCUT2D eigenvalue weighted by molar-refractivity contribution is 0.305. The Bertz CT molecular complexity index is 1130. The van der Waals surface area contributed by atoms with E-state index in [-0.39, 0.29) is 0 Å². The normalized spacial score (nSPS) is 10.9. The molecule has 30 heavy (non-hydrogen) atoms. The lowest BCUT2D eigenvalue weighted by Crippen LogP contribution is -1.95. The molecule has 2 aromatic carbocycles. The molecule has 4 aromatic rings. The van der Waals surface area contributed by atoms with Crippen LogP contribution in [0.4, 0.5) is 0 Å². The molecular weight excluding hydrogens is 481 g/mol. The lowest BCUT2D eigenvalue weighted by Gasteiger charge is -2.05. The molecule has 0 radical (unpaired) electrons. The molecule has 0 saturated heterocycles. The Morgan fingerprint density at radius 1 is 0.867 bits per heavy atom. The molecule has 4 rings (SSSR count). The average Bonchev–Trinajstić information content (AvgIpc) is 3.21. The molecule has 4 nitrogen and oxygen atoms in total. The molecule has 0 aliphatic carbocycles. The van der Waals surface area contributed by atoms with Crippen LogP contribution < -0.4 is 4.74 Å². The van der Waals surface area contributed by atoms with Crippen molar-refractivity contribution in [1.82, 2.24) is 15.0 Å². The highest BCUT2D eigenvalue weighted by Gasteiger charge is 2.09. The summed E-state index contributed by atoms with van der Waals surface area (Å²) in [6, 6.07) is 14.7. The molecular formula is C21H14Cl3N3OS2. The summed E-state index contributed by atoms with van der Waals surface area (Å²) in [5.41, 5.74) is 2.72. The predicted molar refractivity (Wildman–Crippen MR) is 125 cm³/mol. The van der Waals surface area contributed by atoms with Crippen molar-refractivity contribution in [2.75, 3.05) is 0 Å². The zero-order valence-corrected chi connectivity index (χ0v) is 19.3. The number of hydrogen-bond acceptors (Lipinski definition) is 6. The van der Waals surface area contributed by atoms with Crippen LogP contribution in [0.2, 0.25) is 15.1 Å². The SMILES string of the molecule is Clc1ccc(CSc2nccc(-c3csc(COc4cc(Cl)cc(Cl)c4)n3)n2)cc1. The van der Waals surface area contributed by atoms with E-state index in [0.717, 1.165) is 32.7 Å². The average molecular weight is 495 g/mol. The van der Waals surface area contributed by atoms with E-state index in [2.05, 4.69) is 15.0 Å². The second-order valence-electron chi connectivity index (χ2n) is 6.16. The molecule has 0 N–H and O–H groups in total. The minimum atomic E-state index is 0.324. The highest BCUT2D eigenvalue weighted by atomic mass is 35.5. The van der Waals surface area contributed by atoms with Crippen LogP contribution in [0.15, 0.2) is 65.3 Å². The van der Waals surface area contributed by atoms with E-state index in [9.17, 15) is 0 Å². The number of aromatic nitrogens is 3. The maximum absolute atomic E-state index is 6.00. The second-order valence-corrected chi connectivity index (χ2v) is 9.35. The number of halogens is 3. The van der Waals surface area contributed by atoms with Crippen molar-refractivity contribution in [3.05, 3.63) is 85.7 Å². The first-order valence-corrected chi connectivity index (χ1v) is 11.8. The Kier molecular flexibility index (Phi) is 7.12. The van der Waals surface area contributed by atoms with Crippen molar-refractivity contribution < 1.29 is 4.74 Å². The quantitative estimate of drug-likeness (QED) is 0.197. The van der Waals surface area contributed by atoms with E-state index >= 15 is 0 Å². The summed E-state index contributed by atoms with van der Waals surface area (Å²) in [6.07, 6.45) is 1.75. The van der Waals surface area contributed by atoms with Gasteiger partial charge in [-0.25, -0.2) is 15.0 Å². The van der Waals surface area contributed by atoms with Gasteiger partial charge in [-0.15, -0.1) is 11.3 Å². The Morgan fingerprint density at radius 2 is 1.63 bits per heavy atom. The molecule has 0 unspecified atom stereocenters. The molecule has 0 amide bonds. The van der Waals surface area contributed by atoms with Gasteiger partial charge in [-0.1, -0.05) is 58.7 Å². The summed E-state index contributed by atoms with van der Waals surface area (Å²) < 4.78 is 5.76. The van der Waals surface area contributed by atoms with Gasteiger partial charge >= 0.3 is 0 Å². The molecule has 9 heteroatoms. The Balaban J connectivity index is 1.40. The van der Waals surface area contributed by atoms with Crippen LogP contribution in [0, 0.1) is 0 Å². The number of hydrogen-bond donors (Lipinski definition) is 0. The van der Waals surface area contributed by atoms with Gasteiger partial charge in [0.25, 0.3) is 0 Å². The smallest absolute Gasteiger partial charge is 0.188 e. The van der Waals surface area contributed by atoms with Crippen LogP contribution in [0.3, 0.4) is 0 Å². The van der Waals surface area contributed by atoms with Crippen molar-refractivity contribution >= 4 is 57.9 Å². The Morgan fingerprint density at radius 3 is 2.40 bits per heavy atom. The number of ether oxygens (including phenoxy) is 1. The Hall–Kier alpha value is -1.83. The zero-order chi connectivity index (χ0) is 20.9. The van der Waals surface area contributed by atoms with E-state index in [1.54, 1.807) is 36.2 Å². The summed E-state index contributed by atoms with van der Waals surface area (Å²) in [6.45, 7) is 0.324. The highest BCUT2D eigenvalue weighted by molar-refractivity contribution is 7.98. The summed E-state index contributed by atoms with van der Waals surface area (Å²) in [7, 11) is 0. The number of benzene rings is 2. The van der Waals surface area contributed by atoms with Gasteiger partial charge < -0.3 is 4.74 Å². The molecule has 0 saturated carbocycles. The second kappa shape index (κ2) is 9.98. The number of thioether (sulfide) groups is 1. The minimum absolute atomic E-state index is 0.324. The van der Waals surface area contributed by atoms with E-state index in [1.165, 1.54) is 11.3 Å². The standard InChI is InChI=1S/C21H14Cl3N3OS2/c22-14-3-1-13(2-4-14)11-30-21-25-6-5-18(27-21)19-12-29-20(26-19)10-28-17-8-15(23)7-16(24)9-17/h1-9,12H,10-11H2. The fourth-order valence-electron chi connectivity index (χ4n) is 2.53. The molecule has 152 valence electrons. The highest BCUT2D eigenvalue weighted by Crippen LogP contribution is 2.27. The van der Waals surface area contributed by atoms with Crippen LogP contribution in [0.1, 0.15) is 10.6 Å². The van der Waals surface area contributed by atoms with E-state index in [4.69, 9.17) is 39.5 Å². The number of thiazole rings is 1. The van der Waals surface area contributed by atoms with Crippen molar-refractivity contribution in [2.24, 2.45) is 0 Å². The van der Waals surface area contributed by atoms with Gasteiger partial charge in [-0.2, -0.15) is 0 Å². The third-order valence-electron chi connectivity index (χ3n) is 3.93. The minimum Gasteiger partial charge on any atom is -0.486 e.